The number of hydrogen-bond donors (Lipinski definition) is 1. The molecule has 6 heteroatoms. The molecule has 3 amide bonds. The number of nitrogens with one attached hydrogen (secondary N) is 1. The van der Waals surface area contributed by atoms with Gasteiger partial charge < -0.3 is 15.1 Å². The first-order valence-corrected chi connectivity index (χ1v) is 7.65. The van der Waals surface area contributed by atoms with Gasteiger partial charge >= 0.3 is 6.03 Å². The van der Waals surface area contributed by atoms with E-state index in [9.17, 15) is 14.0 Å². The maximum Gasteiger partial charge on any atom is 0.321 e. The van der Waals surface area contributed by atoms with E-state index < -0.39 is 0 Å². The molecule has 22 heavy (non-hydrogen) atoms. The summed E-state index contributed by atoms with van der Waals surface area (Å²) in [6.45, 7) is 4.31. The Bertz CT molecular complexity index is 567. The smallest absolute Gasteiger partial charge is 0.321 e. The van der Waals surface area contributed by atoms with E-state index in [1.807, 2.05) is 4.90 Å². The topological polar surface area (TPSA) is 52.7 Å². The highest BCUT2D eigenvalue weighted by atomic mass is 19.1. The Morgan fingerprint density at radius 1 is 1.09 bits per heavy atom. The Hall–Kier alpha value is -2.11. The molecule has 0 aromatic heterocycles. The Labute approximate surface area is 129 Å². The number of amides is 3. The minimum absolute atomic E-state index is 0.194. The molecule has 0 radical (unpaired) electrons. The number of piperazine rings is 1. The third kappa shape index (κ3) is 3.21. The zero-order valence-electron chi connectivity index (χ0n) is 12.6. The number of nitrogens with zero attached hydrogens (tertiary/aromatic N) is 2. The Morgan fingerprint density at radius 2 is 1.64 bits per heavy atom. The lowest BCUT2D eigenvalue weighted by Crippen LogP contribution is -2.52. The molecule has 0 bridgehead atoms. The van der Waals surface area contributed by atoms with Crippen LogP contribution < -0.4 is 5.32 Å². The van der Waals surface area contributed by atoms with Gasteiger partial charge in [-0.2, -0.15) is 0 Å². The fourth-order valence-electron chi connectivity index (χ4n) is 2.77. The van der Waals surface area contributed by atoms with Crippen molar-refractivity contribution in [3.05, 3.63) is 30.1 Å². The van der Waals surface area contributed by atoms with Crippen LogP contribution >= 0.6 is 0 Å². The molecule has 1 heterocycles. The molecule has 0 spiro atoms. The lowest BCUT2D eigenvalue weighted by molar-refractivity contribution is -0.134. The second-order valence-electron chi connectivity index (χ2n) is 6.07. The van der Waals surface area contributed by atoms with E-state index in [0.29, 0.717) is 37.8 Å². The summed E-state index contributed by atoms with van der Waals surface area (Å²) in [5.41, 5.74) is 0.566. The number of anilines is 1. The van der Waals surface area contributed by atoms with Crippen LogP contribution in [0.15, 0.2) is 24.3 Å². The van der Waals surface area contributed by atoms with E-state index in [1.165, 1.54) is 24.3 Å². The molecule has 2 atom stereocenters. The first kappa shape index (κ1) is 14.8. The molecule has 1 aliphatic carbocycles. The van der Waals surface area contributed by atoms with Crippen molar-refractivity contribution in [3.63, 3.8) is 0 Å². The zero-order valence-corrected chi connectivity index (χ0v) is 12.6. The Balaban J connectivity index is 1.49. The first-order chi connectivity index (χ1) is 10.5. The number of urea groups is 1. The molecule has 5 nitrogen and oxygen atoms in total. The van der Waals surface area contributed by atoms with Crippen molar-refractivity contribution in [1.82, 2.24) is 9.80 Å². The molecule has 3 rings (SSSR count). The molecule has 1 saturated heterocycles. The molecule has 0 unspecified atom stereocenters. The van der Waals surface area contributed by atoms with Crippen molar-refractivity contribution in [1.29, 1.82) is 0 Å². The summed E-state index contributed by atoms with van der Waals surface area (Å²) in [6, 6.07) is 5.47. The second kappa shape index (κ2) is 5.94. The number of halogens is 1. The SMILES string of the molecule is C[C@@H]1C[C@H]1C(=O)N1CCN(C(=O)Nc2ccc(F)cc2)CC1. The van der Waals surface area contributed by atoms with Crippen LogP contribution in [-0.4, -0.2) is 47.9 Å². The van der Waals surface area contributed by atoms with Crippen molar-refractivity contribution in [2.45, 2.75) is 13.3 Å². The van der Waals surface area contributed by atoms with E-state index in [0.717, 1.165) is 6.42 Å². The van der Waals surface area contributed by atoms with Crippen LogP contribution in [0, 0.1) is 17.7 Å². The van der Waals surface area contributed by atoms with Crippen molar-refractivity contribution >= 4 is 17.6 Å². The van der Waals surface area contributed by atoms with E-state index in [4.69, 9.17) is 0 Å². The highest BCUT2D eigenvalue weighted by Crippen LogP contribution is 2.39. The maximum atomic E-state index is 12.8. The third-order valence-corrected chi connectivity index (χ3v) is 4.40. The van der Waals surface area contributed by atoms with E-state index in [1.54, 1.807) is 4.90 Å². The quantitative estimate of drug-likeness (QED) is 0.910. The summed E-state index contributed by atoms with van der Waals surface area (Å²) >= 11 is 0. The van der Waals surface area contributed by atoms with E-state index in [-0.39, 0.29) is 23.7 Å². The van der Waals surface area contributed by atoms with Crippen LogP contribution in [0.25, 0.3) is 0 Å². The van der Waals surface area contributed by atoms with Gasteiger partial charge in [-0.05, 0) is 36.6 Å². The summed E-state index contributed by atoms with van der Waals surface area (Å²) in [4.78, 5) is 27.8. The summed E-state index contributed by atoms with van der Waals surface area (Å²) < 4.78 is 12.8. The molecule has 2 fully saturated rings. The molecular formula is C16H20FN3O2. The maximum absolute atomic E-state index is 12.8. The average Bonchev–Trinajstić information content (AvgIpc) is 3.26. The molecule has 1 saturated carbocycles. The van der Waals surface area contributed by atoms with Crippen molar-refractivity contribution in [2.24, 2.45) is 11.8 Å². The predicted octanol–water partition coefficient (Wildman–Crippen LogP) is 2.16. The molecule has 2 aliphatic rings. The van der Waals surface area contributed by atoms with Gasteiger partial charge in [-0.25, -0.2) is 9.18 Å². The van der Waals surface area contributed by atoms with Crippen molar-refractivity contribution in [2.75, 3.05) is 31.5 Å². The monoisotopic (exact) mass is 305 g/mol. The average molecular weight is 305 g/mol. The van der Waals surface area contributed by atoms with Crippen LogP contribution in [0.2, 0.25) is 0 Å². The van der Waals surface area contributed by atoms with Crippen molar-refractivity contribution < 1.29 is 14.0 Å². The highest BCUT2D eigenvalue weighted by Gasteiger charge is 2.42. The molecule has 1 aliphatic heterocycles. The summed E-state index contributed by atoms with van der Waals surface area (Å²) in [5, 5.41) is 2.74. The van der Waals surface area contributed by atoms with Gasteiger partial charge in [-0.3, -0.25) is 4.79 Å². The normalized spacial score (nSPS) is 24.1. The van der Waals surface area contributed by atoms with Gasteiger partial charge in [0.05, 0.1) is 0 Å². The standard InChI is InChI=1S/C16H20FN3O2/c1-11-10-14(11)15(21)19-6-8-20(9-7-19)16(22)18-13-4-2-12(17)3-5-13/h2-5,11,14H,6-10H2,1H3,(H,18,22)/t11-,14-/m1/s1. The Kier molecular flexibility index (Phi) is 4.00. The summed E-state index contributed by atoms with van der Waals surface area (Å²) in [6.07, 6.45) is 0.990. The largest absolute Gasteiger partial charge is 0.339 e. The van der Waals surface area contributed by atoms with Crippen LogP contribution in [0.5, 0.6) is 0 Å². The van der Waals surface area contributed by atoms with Crippen molar-refractivity contribution in [3.8, 4) is 0 Å². The number of rotatable bonds is 2. The summed E-state index contributed by atoms with van der Waals surface area (Å²) in [7, 11) is 0. The van der Waals surface area contributed by atoms with Crippen LogP contribution in [0.1, 0.15) is 13.3 Å². The molecular weight excluding hydrogens is 285 g/mol. The van der Waals surface area contributed by atoms with Gasteiger partial charge in [0.25, 0.3) is 0 Å². The zero-order chi connectivity index (χ0) is 15.7. The lowest BCUT2D eigenvalue weighted by atomic mass is 10.2. The predicted molar refractivity (Wildman–Crippen MR) is 80.8 cm³/mol. The number of carbonyl (C=O) groups excluding carboxylic acids is 2. The van der Waals surface area contributed by atoms with Gasteiger partial charge in [0, 0.05) is 37.8 Å². The molecule has 118 valence electrons. The van der Waals surface area contributed by atoms with Gasteiger partial charge in [0.2, 0.25) is 5.91 Å². The second-order valence-corrected chi connectivity index (χ2v) is 6.07. The molecule has 1 aromatic rings. The first-order valence-electron chi connectivity index (χ1n) is 7.65. The lowest BCUT2D eigenvalue weighted by Gasteiger charge is -2.35. The molecule has 1 aromatic carbocycles. The van der Waals surface area contributed by atoms with E-state index in [2.05, 4.69) is 12.2 Å². The fraction of sp³-hybridized carbons (Fsp3) is 0.500. The van der Waals surface area contributed by atoms with Crippen LogP contribution in [-0.2, 0) is 4.79 Å². The number of carbonyl (C=O) groups is 2. The third-order valence-electron chi connectivity index (χ3n) is 4.40. The molecule has 1 N–H and O–H groups in total. The number of benzene rings is 1. The minimum atomic E-state index is -0.334. The van der Waals surface area contributed by atoms with Gasteiger partial charge in [0.15, 0.2) is 0 Å². The highest BCUT2D eigenvalue weighted by molar-refractivity contribution is 5.89. The van der Waals surface area contributed by atoms with Crippen LogP contribution in [0.3, 0.4) is 0 Å². The Morgan fingerprint density at radius 3 is 2.18 bits per heavy atom. The van der Waals surface area contributed by atoms with Crippen LogP contribution in [0.4, 0.5) is 14.9 Å². The van der Waals surface area contributed by atoms with E-state index >= 15 is 0 Å². The fourth-order valence-corrected chi connectivity index (χ4v) is 2.77. The van der Waals surface area contributed by atoms with Gasteiger partial charge in [-0.15, -0.1) is 0 Å². The number of hydrogen-bond acceptors (Lipinski definition) is 2. The summed E-state index contributed by atoms with van der Waals surface area (Å²) in [5.74, 6) is 0.595. The van der Waals surface area contributed by atoms with Gasteiger partial charge in [-0.1, -0.05) is 6.92 Å². The van der Waals surface area contributed by atoms with Gasteiger partial charge in [0.1, 0.15) is 5.82 Å². The minimum Gasteiger partial charge on any atom is -0.339 e.